The first kappa shape index (κ1) is 23.4. The molecule has 0 unspecified atom stereocenters. The minimum atomic E-state index is -4.75. The van der Waals surface area contributed by atoms with Crippen LogP contribution in [0.15, 0.2) is 78.2 Å². The molecule has 3 aromatic carbocycles. The third kappa shape index (κ3) is 5.01. The molecule has 2 aromatic heterocycles. The zero-order valence-corrected chi connectivity index (χ0v) is 19.1. The van der Waals surface area contributed by atoms with Gasteiger partial charge in [-0.05, 0) is 29.8 Å². The molecular formula is C25H16F3N3O4S. The molecule has 0 amide bonds. The number of benzene rings is 3. The lowest BCUT2D eigenvalue weighted by Crippen LogP contribution is -2.17. The van der Waals surface area contributed by atoms with Crippen molar-refractivity contribution in [2.45, 2.75) is 13.0 Å². The van der Waals surface area contributed by atoms with Gasteiger partial charge in [0.25, 0.3) is 0 Å². The molecule has 0 fully saturated rings. The van der Waals surface area contributed by atoms with Crippen LogP contribution in [0.25, 0.3) is 27.3 Å². The fraction of sp³-hybridized carbons (Fsp3) is 0.0800. The molecular weight excluding hydrogens is 495 g/mol. The highest BCUT2D eigenvalue weighted by molar-refractivity contribution is 7.12. The van der Waals surface area contributed by atoms with Crippen molar-refractivity contribution in [3.63, 3.8) is 0 Å². The summed E-state index contributed by atoms with van der Waals surface area (Å²) < 4.78 is 48.4. The van der Waals surface area contributed by atoms with E-state index in [1.54, 1.807) is 16.8 Å². The first-order valence-electron chi connectivity index (χ1n) is 10.5. The van der Waals surface area contributed by atoms with Gasteiger partial charge in [-0.3, -0.25) is 0 Å². The van der Waals surface area contributed by atoms with E-state index in [9.17, 15) is 23.1 Å². The van der Waals surface area contributed by atoms with Crippen LogP contribution in [0.1, 0.15) is 16.1 Å². The molecule has 7 nitrogen and oxygen atoms in total. The second-order valence-electron chi connectivity index (χ2n) is 7.61. The van der Waals surface area contributed by atoms with Crippen LogP contribution in [0.4, 0.5) is 13.2 Å². The van der Waals surface area contributed by atoms with E-state index in [4.69, 9.17) is 9.84 Å². The molecule has 182 valence electrons. The summed E-state index contributed by atoms with van der Waals surface area (Å²) in [5.41, 5.74) is 2.81. The van der Waals surface area contributed by atoms with E-state index in [2.05, 4.69) is 9.72 Å². The number of ether oxygens (including phenoxy) is 2. The van der Waals surface area contributed by atoms with E-state index in [0.717, 1.165) is 22.3 Å². The van der Waals surface area contributed by atoms with Crippen molar-refractivity contribution in [1.29, 1.82) is 0 Å². The van der Waals surface area contributed by atoms with E-state index in [1.165, 1.54) is 29.6 Å². The van der Waals surface area contributed by atoms with Gasteiger partial charge in [0.05, 0.1) is 5.52 Å². The van der Waals surface area contributed by atoms with Gasteiger partial charge in [-0.25, -0.2) is 14.5 Å². The summed E-state index contributed by atoms with van der Waals surface area (Å²) in [7, 11) is 0. The average molecular weight is 511 g/mol. The zero-order valence-electron chi connectivity index (χ0n) is 18.3. The minimum Gasteiger partial charge on any atom is -0.489 e. The number of nitrogens with zero attached hydrogens (tertiary/aromatic N) is 3. The fourth-order valence-electron chi connectivity index (χ4n) is 3.55. The maximum absolute atomic E-state index is 12.4. The number of carboxylic acid groups (broad SMARTS) is 1. The van der Waals surface area contributed by atoms with E-state index < -0.39 is 12.3 Å². The molecule has 0 saturated carbocycles. The van der Waals surface area contributed by atoms with Crippen LogP contribution in [0.2, 0.25) is 0 Å². The molecule has 5 rings (SSSR count). The van der Waals surface area contributed by atoms with Gasteiger partial charge >= 0.3 is 12.3 Å². The lowest BCUT2D eigenvalue weighted by molar-refractivity contribution is -0.274. The highest BCUT2D eigenvalue weighted by atomic mass is 32.1. The van der Waals surface area contributed by atoms with Gasteiger partial charge < -0.3 is 14.6 Å². The topological polar surface area (TPSA) is 86.5 Å². The third-order valence-electron chi connectivity index (χ3n) is 5.15. The third-order valence-corrected chi connectivity index (χ3v) is 5.97. The largest absolute Gasteiger partial charge is 0.573 e. The Balaban J connectivity index is 1.46. The summed E-state index contributed by atoms with van der Waals surface area (Å²) in [5, 5.41) is 16.6. The molecule has 1 N–H and O–H groups in total. The van der Waals surface area contributed by atoms with Crippen molar-refractivity contribution in [3.8, 4) is 27.9 Å². The number of carbonyl (C=O) groups is 1. The maximum atomic E-state index is 12.4. The Kier molecular flexibility index (Phi) is 6.06. The Bertz CT molecular complexity index is 1530. The summed E-state index contributed by atoms with van der Waals surface area (Å²) in [5.74, 6) is -0.948. The quantitative estimate of drug-likeness (QED) is 0.275. The van der Waals surface area contributed by atoms with E-state index in [-0.39, 0.29) is 18.1 Å². The van der Waals surface area contributed by atoms with Crippen molar-refractivity contribution in [2.75, 3.05) is 0 Å². The maximum Gasteiger partial charge on any atom is 0.573 e. The van der Waals surface area contributed by atoms with Crippen LogP contribution < -0.4 is 9.47 Å². The summed E-state index contributed by atoms with van der Waals surface area (Å²) >= 11 is 1.15. The summed E-state index contributed by atoms with van der Waals surface area (Å²) in [4.78, 5) is 15.5. The second kappa shape index (κ2) is 9.34. The van der Waals surface area contributed by atoms with Crippen LogP contribution >= 0.6 is 11.3 Å². The van der Waals surface area contributed by atoms with Crippen molar-refractivity contribution < 1.29 is 32.5 Å². The Morgan fingerprint density at radius 2 is 1.72 bits per heavy atom. The Morgan fingerprint density at radius 3 is 2.39 bits per heavy atom. The van der Waals surface area contributed by atoms with E-state index in [0.29, 0.717) is 27.7 Å². The predicted molar refractivity (Wildman–Crippen MR) is 127 cm³/mol. The molecule has 5 aromatic rings. The Labute approximate surface area is 206 Å². The van der Waals surface area contributed by atoms with Crippen molar-refractivity contribution in [2.24, 2.45) is 0 Å². The second-order valence-corrected chi connectivity index (χ2v) is 8.44. The van der Waals surface area contributed by atoms with Gasteiger partial charge in [-0.15, -0.1) is 24.5 Å². The Hall–Kier alpha value is -4.38. The number of fused-ring (bicyclic) bond motifs is 1. The standard InChI is InChI=1S/C25H16F3N3O4S/c26-25(27,28)35-17-8-6-15(7-9-17)13-34-18-10-11-19-21(12-18)31(24-29-20(14-36-24)23(32)33)30-22(19)16-4-2-1-3-5-16/h1-12,14H,13H2,(H,32,33). The number of rotatable bonds is 7. The number of carboxylic acids is 1. The van der Waals surface area contributed by atoms with E-state index >= 15 is 0 Å². The summed E-state index contributed by atoms with van der Waals surface area (Å²) in [6.07, 6.45) is -4.75. The molecule has 0 bridgehead atoms. The number of alkyl halides is 3. The molecule has 0 spiro atoms. The van der Waals surface area contributed by atoms with Crippen molar-refractivity contribution >= 4 is 28.2 Å². The smallest absolute Gasteiger partial charge is 0.489 e. The number of halogens is 3. The first-order chi connectivity index (χ1) is 17.3. The monoisotopic (exact) mass is 511 g/mol. The number of thiazole rings is 1. The van der Waals surface area contributed by atoms with Crippen LogP contribution in [0, 0.1) is 0 Å². The van der Waals surface area contributed by atoms with Gasteiger partial charge in [-0.1, -0.05) is 42.5 Å². The normalized spacial score (nSPS) is 11.5. The molecule has 36 heavy (non-hydrogen) atoms. The molecule has 0 aliphatic carbocycles. The summed E-state index contributed by atoms with van der Waals surface area (Å²) in [6, 6.07) is 20.3. The first-order valence-corrected chi connectivity index (χ1v) is 11.4. The van der Waals surface area contributed by atoms with Crippen molar-refractivity contribution in [3.05, 3.63) is 89.4 Å². The van der Waals surface area contributed by atoms with Gasteiger partial charge in [0, 0.05) is 22.4 Å². The van der Waals surface area contributed by atoms with Gasteiger partial charge in [0.2, 0.25) is 5.13 Å². The number of aromatic carboxylic acids is 1. The van der Waals surface area contributed by atoms with Crippen molar-refractivity contribution in [1.82, 2.24) is 14.8 Å². The van der Waals surface area contributed by atoms with Gasteiger partial charge in [-0.2, -0.15) is 5.10 Å². The molecule has 11 heteroatoms. The lowest BCUT2D eigenvalue weighted by Gasteiger charge is -2.10. The van der Waals surface area contributed by atoms with Crippen LogP contribution in [-0.2, 0) is 6.61 Å². The SMILES string of the molecule is O=C(O)c1csc(-n2nc(-c3ccccc3)c3ccc(OCc4ccc(OC(F)(F)F)cc4)cc32)n1. The van der Waals surface area contributed by atoms with Crippen LogP contribution in [0.3, 0.4) is 0 Å². The Morgan fingerprint density at radius 1 is 1.00 bits per heavy atom. The predicted octanol–water partition coefficient (Wildman–Crippen LogP) is 6.32. The highest BCUT2D eigenvalue weighted by Gasteiger charge is 2.31. The molecule has 0 aliphatic rings. The number of hydrogen-bond donors (Lipinski definition) is 1. The molecule has 0 saturated heterocycles. The van der Waals surface area contributed by atoms with Gasteiger partial charge in [0.15, 0.2) is 5.69 Å². The average Bonchev–Trinajstić information content (AvgIpc) is 3.48. The number of aromatic nitrogens is 3. The van der Waals surface area contributed by atoms with E-state index in [1.807, 2.05) is 36.4 Å². The molecule has 2 heterocycles. The summed E-state index contributed by atoms with van der Waals surface area (Å²) in [6.45, 7) is 0.109. The van der Waals surface area contributed by atoms with Crippen LogP contribution in [0.5, 0.6) is 11.5 Å². The lowest BCUT2D eigenvalue weighted by atomic mass is 10.1. The van der Waals surface area contributed by atoms with Gasteiger partial charge in [0.1, 0.15) is 23.8 Å². The molecule has 0 radical (unpaired) electrons. The minimum absolute atomic E-state index is 0.0785. The zero-order chi connectivity index (χ0) is 25.3. The van der Waals surface area contributed by atoms with Crippen LogP contribution in [-0.4, -0.2) is 32.2 Å². The fourth-order valence-corrected chi connectivity index (χ4v) is 4.31. The molecule has 0 aliphatic heterocycles. The highest BCUT2D eigenvalue weighted by Crippen LogP contribution is 2.33. The number of hydrogen-bond acceptors (Lipinski definition) is 6. The molecule has 0 atom stereocenters.